The zero-order valence-electron chi connectivity index (χ0n) is 7.92. The van der Waals surface area contributed by atoms with Gasteiger partial charge in [-0.1, -0.05) is 6.58 Å². The van der Waals surface area contributed by atoms with Gasteiger partial charge >= 0.3 is 0 Å². The SMILES string of the molecule is C=CC(=O)Nc1cnc([C@H](O)CO)cn1. The maximum atomic E-state index is 10.9. The van der Waals surface area contributed by atoms with E-state index in [1.165, 1.54) is 12.4 Å². The van der Waals surface area contributed by atoms with E-state index in [1.54, 1.807) is 0 Å². The summed E-state index contributed by atoms with van der Waals surface area (Å²) in [5.41, 5.74) is 0.245. The number of rotatable bonds is 4. The van der Waals surface area contributed by atoms with Gasteiger partial charge in [-0.2, -0.15) is 0 Å². The number of aliphatic hydroxyl groups is 2. The Morgan fingerprint density at radius 2 is 2.33 bits per heavy atom. The average molecular weight is 209 g/mol. The van der Waals surface area contributed by atoms with Crippen molar-refractivity contribution in [3.8, 4) is 0 Å². The Kier molecular flexibility index (Phi) is 3.90. The van der Waals surface area contributed by atoms with Crippen LogP contribution in [0.4, 0.5) is 5.82 Å². The predicted molar refractivity (Wildman–Crippen MR) is 52.9 cm³/mol. The maximum absolute atomic E-state index is 10.9. The summed E-state index contributed by atoms with van der Waals surface area (Å²) < 4.78 is 0. The van der Waals surface area contributed by atoms with Gasteiger partial charge in [0.25, 0.3) is 0 Å². The Morgan fingerprint density at radius 3 is 2.80 bits per heavy atom. The van der Waals surface area contributed by atoms with Crippen molar-refractivity contribution in [3.05, 3.63) is 30.7 Å². The van der Waals surface area contributed by atoms with Gasteiger partial charge in [0.05, 0.1) is 24.7 Å². The second kappa shape index (κ2) is 5.18. The molecule has 1 rings (SSSR count). The quantitative estimate of drug-likeness (QED) is 0.588. The molecule has 3 N–H and O–H groups in total. The number of carbonyl (C=O) groups is 1. The van der Waals surface area contributed by atoms with Crippen molar-refractivity contribution in [2.24, 2.45) is 0 Å². The molecule has 6 heteroatoms. The van der Waals surface area contributed by atoms with E-state index < -0.39 is 12.7 Å². The van der Waals surface area contributed by atoms with Crippen LogP contribution in [0.1, 0.15) is 11.8 Å². The summed E-state index contributed by atoms with van der Waals surface area (Å²) in [5.74, 6) is -0.131. The molecule has 0 fully saturated rings. The molecule has 1 aromatic heterocycles. The van der Waals surface area contributed by atoms with E-state index in [-0.39, 0.29) is 17.4 Å². The summed E-state index contributed by atoms with van der Waals surface area (Å²) in [6, 6.07) is 0. The molecule has 1 aromatic rings. The van der Waals surface area contributed by atoms with Gasteiger partial charge in [-0.3, -0.25) is 9.78 Å². The normalized spacial score (nSPS) is 11.9. The highest BCUT2D eigenvalue weighted by Crippen LogP contribution is 2.08. The number of aliphatic hydroxyl groups excluding tert-OH is 2. The van der Waals surface area contributed by atoms with Crippen molar-refractivity contribution in [1.82, 2.24) is 9.97 Å². The number of anilines is 1. The first-order chi connectivity index (χ1) is 7.17. The molecule has 0 bridgehead atoms. The molecule has 80 valence electrons. The lowest BCUT2D eigenvalue weighted by molar-refractivity contribution is -0.111. The van der Waals surface area contributed by atoms with Crippen LogP contribution in [0.2, 0.25) is 0 Å². The van der Waals surface area contributed by atoms with E-state index in [4.69, 9.17) is 5.11 Å². The summed E-state index contributed by atoms with van der Waals surface area (Å²) in [7, 11) is 0. The Hall–Kier alpha value is -1.79. The predicted octanol–water partition coefficient (Wildman–Crippen LogP) is -0.373. The van der Waals surface area contributed by atoms with Crippen molar-refractivity contribution >= 4 is 11.7 Å². The van der Waals surface area contributed by atoms with Crippen LogP contribution in [0.5, 0.6) is 0 Å². The van der Waals surface area contributed by atoms with Crippen molar-refractivity contribution in [1.29, 1.82) is 0 Å². The lowest BCUT2D eigenvalue weighted by atomic mass is 10.3. The van der Waals surface area contributed by atoms with Gasteiger partial charge in [0.1, 0.15) is 6.10 Å². The fourth-order valence-electron chi connectivity index (χ4n) is 0.845. The highest BCUT2D eigenvalue weighted by molar-refractivity contribution is 5.98. The zero-order chi connectivity index (χ0) is 11.3. The van der Waals surface area contributed by atoms with Crippen LogP contribution in [0.3, 0.4) is 0 Å². The Balaban J connectivity index is 2.72. The second-order valence-electron chi connectivity index (χ2n) is 2.72. The number of hydrogen-bond acceptors (Lipinski definition) is 5. The summed E-state index contributed by atoms with van der Waals surface area (Å²) in [4.78, 5) is 18.5. The molecule has 0 radical (unpaired) electrons. The smallest absolute Gasteiger partial charge is 0.248 e. The number of amides is 1. The fourth-order valence-corrected chi connectivity index (χ4v) is 0.845. The first kappa shape index (κ1) is 11.3. The van der Waals surface area contributed by atoms with E-state index >= 15 is 0 Å². The lowest BCUT2D eigenvalue weighted by Gasteiger charge is -2.06. The summed E-state index contributed by atoms with van der Waals surface area (Å²) in [5, 5.41) is 20.2. The third kappa shape index (κ3) is 3.12. The minimum Gasteiger partial charge on any atom is -0.393 e. The van der Waals surface area contributed by atoms with Gasteiger partial charge in [0.2, 0.25) is 5.91 Å². The maximum Gasteiger partial charge on any atom is 0.248 e. The van der Waals surface area contributed by atoms with E-state index in [0.29, 0.717) is 0 Å². The van der Waals surface area contributed by atoms with E-state index in [2.05, 4.69) is 21.9 Å². The number of carbonyl (C=O) groups excluding carboxylic acids is 1. The van der Waals surface area contributed by atoms with E-state index in [0.717, 1.165) is 6.08 Å². The average Bonchev–Trinajstić information content (AvgIpc) is 2.29. The molecule has 15 heavy (non-hydrogen) atoms. The molecule has 0 aliphatic heterocycles. The minimum absolute atomic E-state index is 0.245. The molecule has 1 heterocycles. The number of aromatic nitrogens is 2. The summed E-state index contributed by atoms with van der Waals surface area (Å²) >= 11 is 0. The minimum atomic E-state index is -1.05. The molecule has 0 saturated heterocycles. The Labute approximate surface area is 86.3 Å². The van der Waals surface area contributed by atoms with Gasteiger partial charge in [-0.15, -0.1) is 0 Å². The summed E-state index contributed by atoms with van der Waals surface area (Å²) in [6.45, 7) is 2.86. The van der Waals surface area contributed by atoms with Gasteiger partial charge < -0.3 is 15.5 Å². The van der Waals surface area contributed by atoms with E-state index in [9.17, 15) is 9.90 Å². The first-order valence-corrected chi connectivity index (χ1v) is 4.21. The third-order valence-electron chi connectivity index (χ3n) is 1.62. The monoisotopic (exact) mass is 209 g/mol. The van der Waals surface area contributed by atoms with Crippen LogP contribution in [0.25, 0.3) is 0 Å². The molecule has 0 aliphatic carbocycles. The third-order valence-corrected chi connectivity index (χ3v) is 1.62. The Bertz CT molecular complexity index is 350. The Morgan fingerprint density at radius 1 is 1.60 bits per heavy atom. The number of nitrogens with one attached hydrogen (secondary N) is 1. The highest BCUT2D eigenvalue weighted by Gasteiger charge is 2.08. The molecule has 0 spiro atoms. The van der Waals surface area contributed by atoms with Gasteiger partial charge in [-0.25, -0.2) is 4.98 Å². The number of hydrogen-bond donors (Lipinski definition) is 3. The van der Waals surface area contributed by atoms with Crippen LogP contribution in [0.15, 0.2) is 25.0 Å². The summed E-state index contributed by atoms with van der Waals surface area (Å²) in [6.07, 6.45) is 2.62. The van der Waals surface area contributed by atoms with E-state index in [1.807, 2.05) is 0 Å². The second-order valence-corrected chi connectivity index (χ2v) is 2.72. The molecular formula is C9H11N3O3. The molecule has 0 unspecified atom stereocenters. The molecule has 0 aliphatic rings. The van der Waals surface area contributed by atoms with Crippen molar-refractivity contribution < 1.29 is 15.0 Å². The van der Waals surface area contributed by atoms with Crippen LogP contribution in [-0.2, 0) is 4.79 Å². The van der Waals surface area contributed by atoms with Gasteiger partial charge in [0.15, 0.2) is 5.82 Å². The van der Waals surface area contributed by atoms with Crippen molar-refractivity contribution in [2.75, 3.05) is 11.9 Å². The van der Waals surface area contributed by atoms with Gasteiger partial charge in [0, 0.05) is 0 Å². The standard InChI is InChI=1S/C9H11N3O3/c1-2-9(15)12-8-4-10-6(3-11-8)7(14)5-13/h2-4,7,13-14H,1,5H2,(H,11,12,15)/t7-/m1/s1. The molecule has 0 aromatic carbocycles. The topological polar surface area (TPSA) is 95.3 Å². The first-order valence-electron chi connectivity index (χ1n) is 4.21. The highest BCUT2D eigenvalue weighted by atomic mass is 16.3. The van der Waals surface area contributed by atoms with Crippen LogP contribution in [-0.4, -0.2) is 32.7 Å². The van der Waals surface area contributed by atoms with Crippen LogP contribution in [0, 0.1) is 0 Å². The van der Waals surface area contributed by atoms with Crippen LogP contribution < -0.4 is 5.32 Å². The lowest BCUT2D eigenvalue weighted by Crippen LogP contribution is -2.11. The van der Waals surface area contributed by atoms with Crippen molar-refractivity contribution in [2.45, 2.75) is 6.10 Å². The zero-order valence-corrected chi connectivity index (χ0v) is 7.92. The van der Waals surface area contributed by atoms with Gasteiger partial charge in [-0.05, 0) is 6.08 Å². The molecule has 1 atom stereocenters. The van der Waals surface area contributed by atoms with Crippen LogP contribution >= 0.6 is 0 Å². The largest absolute Gasteiger partial charge is 0.393 e. The molecule has 6 nitrogen and oxygen atoms in total. The fraction of sp³-hybridized carbons (Fsp3) is 0.222. The number of nitrogens with zero attached hydrogens (tertiary/aromatic N) is 2. The van der Waals surface area contributed by atoms with Crippen molar-refractivity contribution in [3.63, 3.8) is 0 Å². The molecular weight excluding hydrogens is 198 g/mol. The molecule has 1 amide bonds. The molecule has 0 saturated carbocycles.